The summed E-state index contributed by atoms with van der Waals surface area (Å²) in [6, 6.07) is 6.03. The second-order valence-corrected chi connectivity index (χ2v) is 8.31. The monoisotopic (exact) mass is 359 g/mol. The molecule has 25 heavy (non-hydrogen) atoms. The van der Waals surface area contributed by atoms with Crippen LogP contribution >= 0.6 is 11.8 Å². The molecule has 2 aliphatic heterocycles. The van der Waals surface area contributed by atoms with E-state index in [2.05, 4.69) is 19.1 Å². The van der Waals surface area contributed by atoms with Crippen molar-refractivity contribution in [2.45, 2.75) is 46.1 Å². The summed E-state index contributed by atoms with van der Waals surface area (Å²) in [5, 5.41) is 8.78. The lowest BCUT2D eigenvalue weighted by Crippen LogP contribution is -2.37. The first kappa shape index (κ1) is 17.9. The summed E-state index contributed by atoms with van der Waals surface area (Å²) in [6.07, 6.45) is 1.88. The Morgan fingerprint density at radius 3 is 2.80 bits per heavy atom. The number of amides is 1. The van der Waals surface area contributed by atoms with E-state index in [1.54, 1.807) is 4.90 Å². The summed E-state index contributed by atoms with van der Waals surface area (Å²) < 4.78 is 5.53. The van der Waals surface area contributed by atoms with Crippen LogP contribution in [0.4, 0.5) is 16.2 Å². The molecule has 0 saturated carbocycles. The molecule has 1 amide bonds. The van der Waals surface area contributed by atoms with Gasteiger partial charge in [0.1, 0.15) is 5.60 Å². The molecule has 134 valence electrons. The quantitative estimate of drug-likeness (QED) is 0.813. The molecule has 2 aliphatic rings. The maximum absolute atomic E-state index is 12.5. The van der Waals surface area contributed by atoms with Gasteiger partial charge in [-0.05, 0) is 45.4 Å². The minimum absolute atomic E-state index is 0.304. The van der Waals surface area contributed by atoms with Gasteiger partial charge in [0.2, 0.25) is 0 Å². The largest absolute Gasteiger partial charge is 0.443 e. The Morgan fingerprint density at radius 1 is 1.44 bits per heavy atom. The number of hydrogen-bond acceptors (Lipinski definition) is 4. The smallest absolute Gasteiger partial charge is 0.414 e. The Kier molecular flexibility index (Phi) is 4.58. The predicted octanol–water partition coefficient (Wildman–Crippen LogP) is 4.94. The normalized spacial score (nSPS) is 19.2. The molecule has 0 aromatic heterocycles. The van der Waals surface area contributed by atoms with Gasteiger partial charge in [-0.25, -0.2) is 4.79 Å². The fraction of sp³-hybridized carbons (Fsp3) is 0.474. The fourth-order valence-corrected chi connectivity index (χ4v) is 4.03. The van der Waals surface area contributed by atoms with Gasteiger partial charge in [-0.15, -0.1) is 0 Å². The molecule has 1 aromatic rings. The van der Waals surface area contributed by atoms with E-state index in [9.17, 15) is 4.79 Å². The van der Waals surface area contributed by atoms with Gasteiger partial charge in [-0.2, -0.15) is 0 Å². The maximum Gasteiger partial charge on any atom is 0.414 e. The zero-order valence-corrected chi connectivity index (χ0v) is 16.2. The first-order valence-corrected chi connectivity index (χ1v) is 9.56. The Bertz CT molecular complexity index is 752. The third-order valence-corrected chi connectivity index (χ3v) is 5.17. The summed E-state index contributed by atoms with van der Waals surface area (Å²) >= 11 is 1.54. The summed E-state index contributed by atoms with van der Waals surface area (Å²) in [6.45, 7) is 10.2. The van der Waals surface area contributed by atoms with Gasteiger partial charge in [0, 0.05) is 29.6 Å². The number of nitrogens with one attached hydrogen (secondary N) is 1. The molecule has 1 saturated heterocycles. The molecule has 0 radical (unpaired) electrons. The number of ether oxygens (including phenoxy) is 1. The minimum Gasteiger partial charge on any atom is -0.443 e. The fourth-order valence-electron chi connectivity index (χ4n) is 3.18. The summed E-state index contributed by atoms with van der Waals surface area (Å²) in [5.41, 5.74) is 3.61. The average molecular weight is 359 g/mol. The van der Waals surface area contributed by atoms with Crippen molar-refractivity contribution in [3.8, 4) is 0 Å². The molecule has 1 N–H and O–H groups in total. The third-order valence-electron chi connectivity index (χ3n) is 4.28. The molecule has 5 nitrogen and oxygen atoms in total. The number of anilines is 2. The topological polar surface area (TPSA) is 56.6 Å². The lowest BCUT2D eigenvalue weighted by molar-refractivity contribution is 0.0582. The molecular formula is C19H25N3O2S. The van der Waals surface area contributed by atoms with E-state index in [0.717, 1.165) is 22.8 Å². The Labute approximate surface area is 153 Å². The molecule has 1 aromatic carbocycles. The first-order valence-electron chi connectivity index (χ1n) is 8.58. The van der Waals surface area contributed by atoms with Gasteiger partial charge in [0.05, 0.1) is 5.69 Å². The van der Waals surface area contributed by atoms with E-state index in [4.69, 9.17) is 10.1 Å². The number of fused-ring (bicyclic) bond motifs is 3. The zero-order valence-electron chi connectivity index (χ0n) is 15.4. The molecule has 1 unspecified atom stereocenters. The van der Waals surface area contributed by atoms with Crippen LogP contribution in [0, 0.1) is 5.41 Å². The second-order valence-electron chi connectivity index (χ2n) is 7.34. The Morgan fingerprint density at radius 2 is 2.16 bits per heavy atom. The van der Waals surface area contributed by atoms with Crippen LogP contribution in [0.3, 0.4) is 0 Å². The van der Waals surface area contributed by atoms with Crippen LogP contribution in [0.5, 0.6) is 0 Å². The molecule has 1 fully saturated rings. The van der Waals surface area contributed by atoms with E-state index in [0.29, 0.717) is 17.6 Å². The van der Waals surface area contributed by atoms with Crippen LogP contribution < -0.4 is 9.80 Å². The molecular weight excluding hydrogens is 334 g/mol. The highest BCUT2D eigenvalue weighted by molar-refractivity contribution is 8.14. The molecule has 6 heteroatoms. The van der Waals surface area contributed by atoms with E-state index in [1.807, 2.05) is 44.7 Å². The first-order chi connectivity index (χ1) is 11.7. The number of allylic oxidation sites excluding steroid dienone is 1. The van der Waals surface area contributed by atoms with Crippen molar-refractivity contribution in [3.05, 3.63) is 35.5 Å². The molecule has 1 atom stereocenters. The summed E-state index contributed by atoms with van der Waals surface area (Å²) in [7, 11) is 0. The van der Waals surface area contributed by atoms with Crippen LogP contribution in [0.25, 0.3) is 0 Å². The summed E-state index contributed by atoms with van der Waals surface area (Å²) in [4.78, 5) is 16.2. The second kappa shape index (κ2) is 6.41. The SMILES string of the molecule is CCN(C(=O)OC(C)(C)C)c1ccc2c(c1)N1C(=N)SCC1=CC2C. The standard InChI is InChI=1S/C19H25N3O2S/c1-6-21(18(23)24-19(3,4)5)13-7-8-15-12(2)9-14-11-25-17(20)22(14)16(15)10-13/h7-10,12,20H,6,11H2,1-5H3. The number of nitrogens with zero attached hydrogens (tertiary/aromatic N) is 2. The van der Waals surface area contributed by atoms with Gasteiger partial charge in [0.15, 0.2) is 5.17 Å². The average Bonchev–Trinajstić information content (AvgIpc) is 2.87. The molecule has 0 bridgehead atoms. The number of carbonyl (C=O) groups is 1. The van der Waals surface area contributed by atoms with Crippen LogP contribution in [0.15, 0.2) is 30.0 Å². The van der Waals surface area contributed by atoms with Crippen molar-refractivity contribution in [1.82, 2.24) is 0 Å². The van der Waals surface area contributed by atoms with Crippen molar-refractivity contribution in [2.24, 2.45) is 0 Å². The number of rotatable bonds is 2. The number of thioether (sulfide) groups is 1. The van der Waals surface area contributed by atoms with Gasteiger partial charge < -0.3 is 4.74 Å². The molecule has 0 aliphatic carbocycles. The van der Waals surface area contributed by atoms with E-state index < -0.39 is 5.60 Å². The van der Waals surface area contributed by atoms with Crippen molar-refractivity contribution in [3.63, 3.8) is 0 Å². The van der Waals surface area contributed by atoms with Crippen LogP contribution in [0.1, 0.15) is 46.1 Å². The predicted molar refractivity (Wildman–Crippen MR) is 105 cm³/mol. The lowest BCUT2D eigenvalue weighted by atomic mass is 9.93. The molecule has 2 heterocycles. The van der Waals surface area contributed by atoms with Crippen LogP contribution in [-0.2, 0) is 4.74 Å². The third kappa shape index (κ3) is 3.40. The Hall–Kier alpha value is -1.95. The minimum atomic E-state index is -0.531. The Balaban J connectivity index is 1.98. The highest BCUT2D eigenvalue weighted by Crippen LogP contribution is 2.43. The van der Waals surface area contributed by atoms with E-state index >= 15 is 0 Å². The van der Waals surface area contributed by atoms with E-state index in [-0.39, 0.29) is 6.09 Å². The van der Waals surface area contributed by atoms with Crippen molar-refractivity contribution in [2.75, 3.05) is 22.1 Å². The number of benzene rings is 1. The highest BCUT2D eigenvalue weighted by Gasteiger charge is 2.33. The van der Waals surface area contributed by atoms with Crippen molar-refractivity contribution < 1.29 is 9.53 Å². The number of hydrogen-bond donors (Lipinski definition) is 1. The van der Waals surface area contributed by atoms with Crippen molar-refractivity contribution >= 4 is 34.4 Å². The molecule has 0 spiro atoms. The van der Waals surface area contributed by atoms with Gasteiger partial charge in [0.25, 0.3) is 0 Å². The van der Waals surface area contributed by atoms with Crippen LogP contribution in [0.2, 0.25) is 0 Å². The van der Waals surface area contributed by atoms with Gasteiger partial charge >= 0.3 is 6.09 Å². The van der Waals surface area contributed by atoms with Gasteiger partial charge in [-0.3, -0.25) is 15.2 Å². The van der Waals surface area contributed by atoms with Crippen molar-refractivity contribution in [1.29, 1.82) is 5.41 Å². The highest BCUT2D eigenvalue weighted by atomic mass is 32.2. The summed E-state index contributed by atoms with van der Waals surface area (Å²) in [5.74, 6) is 1.13. The van der Waals surface area contributed by atoms with Crippen LogP contribution in [-0.4, -0.2) is 29.2 Å². The maximum atomic E-state index is 12.5. The van der Waals surface area contributed by atoms with E-state index in [1.165, 1.54) is 17.3 Å². The number of amidine groups is 1. The zero-order chi connectivity index (χ0) is 18.4. The number of carbonyl (C=O) groups excluding carboxylic acids is 1. The van der Waals surface area contributed by atoms with Gasteiger partial charge in [-0.1, -0.05) is 30.8 Å². The lowest BCUT2D eigenvalue weighted by Gasteiger charge is -2.32. The molecule has 3 rings (SSSR count).